The van der Waals surface area contributed by atoms with Gasteiger partial charge in [0.05, 0.1) is 7.11 Å². The lowest BCUT2D eigenvalue weighted by Crippen LogP contribution is -2.09. The Morgan fingerprint density at radius 3 is 2.62 bits per heavy atom. The van der Waals surface area contributed by atoms with Crippen LogP contribution in [0.25, 0.3) is 0 Å². The highest BCUT2D eigenvalue weighted by molar-refractivity contribution is 5.65. The van der Waals surface area contributed by atoms with E-state index in [1.54, 1.807) is 4.68 Å². The van der Waals surface area contributed by atoms with Crippen LogP contribution in [0, 0.1) is 0 Å². The van der Waals surface area contributed by atoms with E-state index in [4.69, 9.17) is 21.9 Å². The Kier molecular flexibility index (Phi) is 2.97. The van der Waals surface area contributed by atoms with E-state index in [9.17, 15) is 0 Å². The number of nitrogens with zero attached hydrogens (tertiary/aromatic N) is 2. The molecule has 0 atom stereocenters. The minimum atomic E-state index is 0.370. The van der Waals surface area contributed by atoms with Gasteiger partial charge in [0, 0.05) is 6.54 Å². The summed E-state index contributed by atoms with van der Waals surface area (Å²) in [5.74, 6) is 0.805. The Labute approximate surface area is 76.6 Å². The molecular weight excluding hydrogens is 170 g/mol. The predicted octanol–water partition coefficient (Wildman–Crippen LogP) is -0.595. The third-order valence-corrected chi connectivity index (χ3v) is 1.76. The second kappa shape index (κ2) is 3.99. The third kappa shape index (κ3) is 1.83. The van der Waals surface area contributed by atoms with Gasteiger partial charge >= 0.3 is 0 Å². The molecular formula is C7H15N5O. The van der Waals surface area contributed by atoms with Crippen LogP contribution < -0.4 is 21.9 Å². The van der Waals surface area contributed by atoms with Gasteiger partial charge in [0.2, 0.25) is 0 Å². The maximum Gasteiger partial charge on any atom is 0.258 e. The molecule has 1 heterocycles. The van der Waals surface area contributed by atoms with E-state index in [1.807, 2.05) is 0 Å². The Bertz CT molecular complexity index is 283. The summed E-state index contributed by atoms with van der Waals surface area (Å²) in [7, 11) is 1.51. The number of rotatable bonds is 4. The van der Waals surface area contributed by atoms with Gasteiger partial charge in [0.25, 0.3) is 5.88 Å². The van der Waals surface area contributed by atoms with E-state index in [0.717, 1.165) is 6.42 Å². The average Bonchev–Trinajstić information content (AvgIpc) is 2.41. The normalized spacial score (nSPS) is 10.3. The number of nitrogens with two attached hydrogens (primary N) is 3. The van der Waals surface area contributed by atoms with E-state index >= 15 is 0 Å². The monoisotopic (exact) mass is 185 g/mol. The van der Waals surface area contributed by atoms with Gasteiger partial charge in [-0.25, -0.2) is 4.68 Å². The van der Waals surface area contributed by atoms with Gasteiger partial charge in [-0.1, -0.05) is 0 Å². The second-order valence-electron chi connectivity index (χ2n) is 2.67. The molecule has 1 aromatic heterocycles. The summed E-state index contributed by atoms with van der Waals surface area (Å²) in [6.07, 6.45) is 0.814. The molecule has 0 bridgehead atoms. The van der Waals surface area contributed by atoms with Crippen LogP contribution in [0.15, 0.2) is 0 Å². The zero-order valence-corrected chi connectivity index (χ0v) is 7.66. The zero-order valence-electron chi connectivity index (χ0n) is 7.66. The maximum absolute atomic E-state index is 5.67. The second-order valence-corrected chi connectivity index (χ2v) is 2.67. The highest BCUT2D eigenvalue weighted by Gasteiger charge is 2.11. The number of nitrogen functional groups attached to an aromatic ring is 2. The maximum atomic E-state index is 5.67. The van der Waals surface area contributed by atoms with Crippen LogP contribution in [0.4, 0.5) is 11.5 Å². The Hall–Kier alpha value is -1.43. The molecule has 0 saturated heterocycles. The van der Waals surface area contributed by atoms with Crippen molar-refractivity contribution in [3.63, 3.8) is 0 Å². The van der Waals surface area contributed by atoms with Crippen LogP contribution in [0.5, 0.6) is 5.88 Å². The summed E-state index contributed by atoms with van der Waals surface area (Å²) in [6.45, 7) is 1.26. The lowest BCUT2D eigenvalue weighted by Gasteiger charge is -2.00. The number of anilines is 2. The van der Waals surface area contributed by atoms with Crippen molar-refractivity contribution >= 4 is 11.5 Å². The number of ether oxygens (including phenoxy) is 1. The Morgan fingerprint density at radius 2 is 2.15 bits per heavy atom. The smallest absolute Gasteiger partial charge is 0.258 e. The van der Waals surface area contributed by atoms with Crippen molar-refractivity contribution in [1.82, 2.24) is 9.78 Å². The topological polar surface area (TPSA) is 105 Å². The van der Waals surface area contributed by atoms with Crippen LogP contribution in [0.2, 0.25) is 0 Å². The number of hydrogen-bond donors (Lipinski definition) is 3. The molecule has 6 N–H and O–H groups in total. The van der Waals surface area contributed by atoms with E-state index in [2.05, 4.69) is 5.10 Å². The van der Waals surface area contributed by atoms with Gasteiger partial charge in [-0.2, -0.15) is 0 Å². The van der Waals surface area contributed by atoms with Gasteiger partial charge in [-0.15, -0.1) is 5.10 Å². The number of methoxy groups -OCH3 is 1. The molecule has 0 fully saturated rings. The first-order valence-corrected chi connectivity index (χ1v) is 4.06. The first-order chi connectivity index (χ1) is 6.20. The van der Waals surface area contributed by atoms with Crippen molar-refractivity contribution in [2.24, 2.45) is 5.73 Å². The molecule has 0 aliphatic heterocycles. The number of hydrogen-bond acceptors (Lipinski definition) is 5. The number of aromatic nitrogens is 2. The molecule has 6 heteroatoms. The van der Waals surface area contributed by atoms with Crippen molar-refractivity contribution in [3.8, 4) is 5.88 Å². The Morgan fingerprint density at radius 1 is 1.46 bits per heavy atom. The molecule has 0 radical (unpaired) electrons. The van der Waals surface area contributed by atoms with E-state index in [-0.39, 0.29) is 0 Å². The van der Waals surface area contributed by atoms with Gasteiger partial charge in [0.1, 0.15) is 11.5 Å². The van der Waals surface area contributed by atoms with E-state index in [0.29, 0.717) is 30.5 Å². The van der Waals surface area contributed by atoms with Crippen LogP contribution in [0.3, 0.4) is 0 Å². The summed E-state index contributed by atoms with van der Waals surface area (Å²) in [4.78, 5) is 0. The minimum Gasteiger partial charge on any atom is -0.478 e. The fourth-order valence-electron chi connectivity index (χ4n) is 1.03. The van der Waals surface area contributed by atoms with Crippen molar-refractivity contribution in [2.75, 3.05) is 25.1 Å². The van der Waals surface area contributed by atoms with Gasteiger partial charge in [-0.3, -0.25) is 0 Å². The van der Waals surface area contributed by atoms with E-state index in [1.165, 1.54) is 7.11 Å². The SMILES string of the molecule is COc1nn(CCCN)c(N)c1N. The average molecular weight is 185 g/mol. The molecule has 1 aromatic rings. The van der Waals surface area contributed by atoms with Crippen LogP contribution in [-0.2, 0) is 6.54 Å². The molecule has 0 amide bonds. The summed E-state index contributed by atoms with van der Waals surface area (Å²) < 4.78 is 6.52. The minimum absolute atomic E-state index is 0.370. The predicted molar refractivity (Wildman–Crippen MR) is 51.3 cm³/mol. The zero-order chi connectivity index (χ0) is 9.84. The quantitative estimate of drug-likeness (QED) is 0.581. The van der Waals surface area contributed by atoms with Crippen molar-refractivity contribution < 1.29 is 4.74 Å². The standard InChI is InChI=1S/C7H15N5O/c1-13-7-5(9)6(10)12(11-7)4-2-3-8/h2-4,8-10H2,1H3. The fourth-order valence-corrected chi connectivity index (χ4v) is 1.03. The Balaban J connectivity index is 2.82. The van der Waals surface area contributed by atoms with Crippen LogP contribution in [-0.4, -0.2) is 23.4 Å². The van der Waals surface area contributed by atoms with Crippen molar-refractivity contribution in [1.29, 1.82) is 0 Å². The van der Waals surface area contributed by atoms with Gasteiger partial charge < -0.3 is 21.9 Å². The fraction of sp³-hybridized carbons (Fsp3) is 0.571. The first kappa shape index (κ1) is 9.66. The molecule has 1 rings (SSSR count). The van der Waals surface area contributed by atoms with Crippen molar-refractivity contribution in [2.45, 2.75) is 13.0 Å². The molecule has 74 valence electrons. The highest BCUT2D eigenvalue weighted by atomic mass is 16.5. The molecule has 6 nitrogen and oxygen atoms in total. The summed E-state index contributed by atoms with van der Waals surface area (Å²) in [5, 5.41) is 4.05. The van der Waals surface area contributed by atoms with Gasteiger partial charge in [-0.05, 0) is 13.0 Å². The molecule has 0 unspecified atom stereocenters. The molecule has 0 saturated carbocycles. The molecule has 0 aliphatic carbocycles. The van der Waals surface area contributed by atoms with Crippen LogP contribution in [0.1, 0.15) is 6.42 Å². The summed E-state index contributed by atoms with van der Waals surface area (Å²) in [6, 6.07) is 0. The van der Waals surface area contributed by atoms with E-state index < -0.39 is 0 Å². The lowest BCUT2D eigenvalue weighted by atomic mass is 10.4. The largest absolute Gasteiger partial charge is 0.478 e. The van der Waals surface area contributed by atoms with Gasteiger partial charge in [0.15, 0.2) is 0 Å². The first-order valence-electron chi connectivity index (χ1n) is 4.06. The molecule has 13 heavy (non-hydrogen) atoms. The van der Waals surface area contributed by atoms with Crippen LogP contribution >= 0.6 is 0 Å². The highest BCUT2D eigenvalue weighted by Crippen LogP contribution is 2.25. The molecule has 0 aromatic carbocycles. The molecule has 0 spiro atoms. The third-order valence-electron chi connectivity index (χ3n) is 1.76. The lowest BCUT2D eigenvalue weighted by molar-refractivity contribution is 0.389. The molecule has 0 aliphatic rings. The number of aryl methyl sites for hydroxylation is 1. The summed E-state index contributed by atoms with van der Waals surface area (Å²) >= 11 is 0. The summed E-state index contributed by atoms with van der Waals surface area (Å²) in [5.41, 5.74) is 17.0. The van der Waals surface area contributed by atoms with Crippen molar-refractivity contribution in [3.05, 3.63) is 0 Å².